The highest BCUT2D eigenvalue weighted by Crippen LogP contribution is 2.17. The van der Waals surface area contributed by atoms with Crippen molar-refractivity contribution in [3.63, 3.8) is 0 Å². The van der Waals surface area contributed by atoms with Crippen LogP contribution in [0.2, 0.25) is 0 Å². The highest BCUT2D eigenvalue weighted by molar-refractivity contribution is 6.17. The molecular weight excluding hydrogens is 227 g/mol. The van der Waals surface area contributed by atoms with Crippen molar-refractivity contribution >= 4 is 11.6 Å². The van der Waals surface area contributed by atoms with Gasteiger partial charge in [-0.2, -0.15) is 0 Å². The fourth-order valence-electron chi connectivity index (χ4n) is 1.68. The topological polar surface area (TPSA) is 17.8 Å². The summed E-state index contributed by atoms with van der Waals surface area (Å²) in [5, 5.41) is 0. The lowest BCUT2D eigenvalue weighted by Gasteiger charge is -2.08. The lowest BCUT2D eigenvalue weighted by Crippen LogP contribution is -2.00. The van der Waals surface area contributed by atoms with E-state index in [1.807, 2.05) is 23.8 Å². The van der Waals surface area contributed by atoms with Crippen molar-refractivity contribution in [3.8, 4) is 5.69 Å². The van der Waals surface area contributed by atoms with Gasteiger partial charge in [-0.3, -0.25) is 0 Å². The summed E-state index contributed by atoms with van der Waals surface area (Å²) in [5.41, 5.74) is 1.54. The van der Waals surface area contributed by atoms with Crippen molar-refractivity contribution in [2.45, 2.75) is 19.2 Å². The van der Waals surface area contributed by atoms with E-state index in [2.05, 4.69) is 4.98 Å². The third kappa shape index (κ3) is 2.09. The summed E-state index contributed by atoms with van der Waals surface area (Å²) in [7, 11) is 0. The molecule has 0 aliphatic carbocycles. The molecule has 0 saturated carbocycles. The molecule has 84 valence electrons. The maximum Gasteiger partial charge on any atom is 0.125 e. The quantitative estimate of drug-likeness (QED) is 0.751. The molecule has 1 heterocycles. The number of imidazole rings is 1. The molecule has 0 bridgehead atoms. The van der Waals surface area contributed by atoms with E-state index in [4.69, 9.17) is 11.6 Å². The first-order valence-electron chi connectivity index (χ1n) is 5.12. The van der Waals surface area contributed by atoms with Crippen molar-refractivity contribution in [1.29, 1.82) is 0 Å². The smallest absolute Gasteiger partial charge is 0.125 e. The number of aromatic nitrogens is 2. The van der Waals surface area contributed by atoms with E-state index in [9.17, 15) is 4.39 Å². The SMILES string of the molecule is CCc1nccn1-c1cc(F)cc(CCl)c1. The Kier molecular flexibility index (Phi) is 3.25. The fraction of sp³-hybridized carbons (Fsp3) is 0.250. The summed E-state index contributed by atoms with van der Waals surface area (Å²) < 4.78 is 15.2. The van der Waals surface area contributed by atoms with Crippen molar-refractivity contribution < 1.29 is 4.39 Å². The molecule has 0 amide bonds. The Morgan fingerprint density at radius 3 is 2.88 bits per heavy atom. The second-order valence-corrected chi connectivity index (χ2v) is 3.79. The summed E-state index contributed by atoms with van der Waals surface area (Å²) >= 11 is 5.71. The predicted molar refractivity (Wildman–Crippen MR) is 62.5 cm³/mol. The molecule has 0 aliphatic rings. The molecule has 2 rings (SSSR count). The van der Waals surface area contributed by atoms with Crippen LogP contribution in [0.1, 0.15) is 18.3 Å². The summed E-state index contributed by atoms with van der Waals surface area (Å²) in [6, 6.07) is 4.80. The Bertz CT molecular complexity index is 494. The molecule has 2 nitrogen and oxygen atoms in total. The maximum absolute atomic E-state index is 13.3. The van der Waals surface area contributed by atoms with Gasteiger partial charge in [0.1, 0.15) is 11.6 Å². The van der Waals surface area contributed by atoms with E-state index in [-0.39, 0.29) is 5.82 Å². The minimum atomic E-state index is -0.274. The minimum Gasteiger partial charge on any atom is -0.304 e. The molecule has 1 aromatic heterocycles. The maximum atomic E-state index is 13.3. The van der Waals surface area contributed by atoms with Gasteiger partial charge in [0.25, 0.3) is 0 Å². The molecule has 4 heteroatoms. The average Bonchev–Trinajstić information content (AvgIpc) is 2.76. The second kappa shape index (κ2) is 4.66. The number of alkyl halides is 1. The van der Waals surface area contributed by atoms with Gasteiger partial charge in [0.15, 0.2) is 0 Å². The van der Waals surface area contributed by atoms with Crippen LogP contribution in [0.15, 0.2) is 30.6 Å². The third-order valence-corrected chi connectivity index (χ3v) is 2.72. The monoisotopic (exact) mass is 238 g/mol. The van der Waals surface area contributed by atoms with Crippen LogP contribution in [0.3, 0.4) is 0 Å². The number of halogens is 2. The Morgan fingerprint density at radius 2 is 2.19 bits per heavy atom. The summed E-state index contributed by atoms with van der Waals surface area (Å²) in [5.74, 6) is 0.941. The van der Waals surface area contributed by atoms with Crippen molar-refractivity contribution in [2.75, 3.05) is 0 Å². The van der Waals surface area contributed by atoms with E-state index >= 15 is 0 Å². The van der Waals surface area contributed by atoms with Crippen molar-refractivity contribution in [2.24, 2.45) is 0 Å². The van der Waals surface area contributed by atoms with Gasteiger partial charge in [0, 0.05) is 30.4 Å². The van der Waals surface area contributed by atoms with Gasteiger partial charge >= 0.3 is 0 Å². The molecule has 16 heavy (non-hydrogen) atoms. The number of nitrogens with zero attached hydrogens (tertiary/aromatic N) is 2. The van der Waals surface area contributed by atoms with Crippen LogP contribution in [-0.4, -0.2) is 9.55 Å². The molecule has 0 radical (unpaired) electrons. The summed E-state index contributed by atoms with van der Waals surface area (Å²) in [6.07, 6.45) is 4.34. The lowest BCUT2D eigenvalue weighted by atomic mass is 10.2. The largest absolute Gasteiger partial charge is 0.304 e. The highest BCUT2D eigenvalue weighted by Gasteiger charge is 2.05. The number of aryl methyl sites for hydroxylation is 1. The molecule has 0 fully saturated rings. The van der Waals surface area contributed by atoms with Crippen LogP contribution in [0.25, 0.3) is 5.69 Å². The molecule has 0 unspecified atom stereocenters. The van der Waals surface area contributed by atoms with Crippen molar-refractivity contribution in [3.05, 3.63) is 47.8 Å². The molecule has 0 aliphatic heterocycles. The van der Waals surface area contributed by atoms with Crippen LogP contribution in [0.4, 0.5) is 4.39 Å². The van der Waals surface area contributed by atoms with Gasteiger partial charge in [-0.1, -0.05) is 6.92 Å². The van der Waals surface area contributed by atoms with E-state index in [0.717, 1.165) is 23.5 Å². The first-order valence-corrected chi connectivity index (χ1v) is 5.66. The summed E-state index contributed by atoms with van der Waals surface area (Å²) in [6.45, 7) is 2.01. The fourth-order valence-corrected chi connectivity index (χ4v) is 1.83. The van der Waals surface area contributed by atoms with Gasteiger partial charge in [-0.25, -0.2) is 9.37 Å². The Balaban J connectivity index is 2.51. The number of hydrogen-bond donors (Lipinski definition) is 0. The Hall–Kier alpha value is -1.35. The lowest BCUT2D eigenvalue weighted by molar-refractivity contribution is 0.624. The van der Waals surface area contributed by atoms with Gasteiger partial charge in [-0.15, -0.1) is 11.6 Å². The first-order chi connectivity index (χ1) is 7.74. The summed E-state index contributed by atoms with van der Waals surface area (Å²) in [4.78, 5) is 4.20. The molecule has 0 spiro atoms. The zero-order chi connectivity index (χ0) is 11.5. The van der Waals surface area contributed by atoms with Gasteiger partial charge in [0.05, 0.1) is 0 Å². The second-order valence-electron chi connectivity index (χ2n) is 3.52. The van der Waals surface area contributed by atoms with E-state index in [1.54, 1.807) is 6.20 Å². The normalized spacial score (nSPS) is 10.7. The van der Waals surface area contributed by atoms with E-state index < -0.39 is 0 Å². The van der Waals surface area contributed by atoms with E-state index in [1.165, 1.54) is 12.1 Å². The van der Waals surface area contributed by atoms with E-state index in [0.29, 0.717) is 5.88 Å². The third-order valence-electron chi connectivity index (χ3n) is 2.41. The zero-order valence-corrected chi connectivity index (χ0v) is 9.71. The molecular formula is C12H12ClFN2. The molecule has 0 N–H and O–H groups in total. The molecule has 0 atom stereocenters. The van der Waals surface area contributed by atoms with Crippen LogP contribution < -0.4 is 0 Å². The average molecular weight is 239 g/mol. The number of benzene rings is 1. The van der Waals surface area contributed by atoms with Crippen LogP contribution >= 0.6 is 11.6 Å². The Labute approximate surface area is 98.7 Å². The molecule has 2 aromatic rings. The predicted octanol–water partition coefficient (Wildman–Crippen LogP) is 3.31. The minimum absolute atomic E-state index is 0.274. The van der Waals surface area contributed by atoms with Crippen molar-refractivity contribution in [1.82, 2.24) is 9.55 Å². The van der Waals surface area contributed by atoms with Gasteiger partial charge in [0.2, 0.25) is 0 Å². The highest BCUT2D eigenvalue weighted by atomic mass is 35.5. The first kappa shape index (κ1) is 11.1. The Morgan fingerprint density at radius 1 is 1.38 bits per heavy atom. The van der Waals surface area contributed by atoms with Crippen LogP contribution in [0.5, 0.6) is 0 Å². The molecule has 0 saturated heterocycles. The van der Waals surface area contributed by atoms with Gasteiger partial charge in [-0.05, 0) is 23.8 Å². The number of rotatable bonds is 3. The number of hydrogen-bond acceptors (Lipinski definition) is 1. The van der Waals surface area contributed by atoms with Crippen LogP contribution in [-0.2, 0) is 12.3 Å². The zero-order valence-electron chi connectivity index (χ0n) is 8.95. The van der Waals surface area contributed by atoms with Crippen LogP contribution in [0, 0.1) is 5.82 Å². The standard InChI is InChI=1S/C12H12ClFN2/c1-2-12-15-3-4-16(12)11-6-9(8-13)5-10(14)7-11/h3-7H,2,8H2,1H3. The van der Waals surface area contributed by atoms with Gasteiger partial charge < -0.3 is 4.57 Å². The molecule has 1 aromatic carbocycles.